The number of nitrogens with zero attached hydrogens (tertiary/aromatic N) is 4. The summed E-state index contributed by atoms with van der Waals surface area (Å²) in [7, 11) is 0. The topological polar surface area (TPSA) is 63.2 Å². The fourth-order valence-corrected chi connectivity index (χ4v) is 2.24. The van der Waals surface area contributed by atoms with Crippen LogP contribution in [0.3, 0.4) is 0 Å². The highest BCUT2D eigenvalue weighted by Crippen LogP contribution is 2.14. The summed E-state index contributed by atoms with van der Waals surface area (Å²) in [6.07, 6.45) is 6.99. The summed E-state index contributed by atoms with van der Waals surface area (Å²) >= 11 is 0. The molecule has 2 aromatic heterocycles. The lowest BCUT2D eigenvalue weighted by Gasteiger charge is -2.35. The Morgan fingerprint density at radius 2 is 2.15 bits per heavy atom. The van der Waals surface area contributed by atoms with Gasteiger partial charge in [-0.2, -0.15) is 0 Å². The third-order valence-electron chi connectivity index (χ3n) is 3.24. The minimum atomic E-state index is 0.214. The number of hydrogen-bond acceptors (Lipinski definition) is 6. The van der Waals surface area contributed by atoms with Crippen molar-refractivity contribution in [3.8, 4) is 5.75 Å². The highest BCUT2D eigenvalue weighted by Gasteiger charge is 2.24. The number of hydrogen-bond donors (Lipinski definition) is 1. The van der Waals surface area contributed by atoms with E-state index in [9.17, 15) is 0 Å². The lowest BCUT2D eigenvalue weighted by atomic mass is 10.2. The smallest absolute Gasteiger partial charge is 0.225 e. The van der Waals surface area contributed by atoms with Crippen LogP contribution in [-0.2, 0) is 0 Å². The Morgan fingerprint density at radius 1 is 1.25 bits per heavy atom. The second-order valence-corrected chi connectivity index (χ2v) is 4.60. The third-order valence-corrected chi connectivity index (χ3v) is 3.24. The van der Waals surface area contributed by atoms with Crippen molar-refractivity contribution < 1.29 is 4.74 Å². The zero-order valence-corrected chi connectivity index (χ0v) is 11.1. The average molecular weight is 271 g/mol. The Bertz CT molecular complexity index is 522. The van der Waals surface area contributed by atoms with Crippen LogP contribution in [0, 0.1) is 0 Å². The van der Waals surface area contributed by atoms with E-state index in [0.29, 0.717) is 6.61 Å². The molecule has 6 heteroatoms. The molecule has 0 bridgehead atoms. The third kappa shape index (κ3) is 3.03. The van der Waals surface area contributed by atoms with Gasteiger partial charge >= 0.3 is 0 Å². The quantitative estimate of drug-likeness (QED) is 0.884. The van der Waals surface area contributed by atoms with E-state index in [2.05, 4.69) is 25.2 Å². The molecule has 6 nitrogen and oxygen atoms in total. The Balaban J connectivity index is 1.67. The Labute approximate surface area is 117 Å². The van der Waals surface area contributed by atoms with Gasteiger partial charge in [0, 0.05) is 38.2 Å². The number of piperazine rings is 1. The van der Waals surface area contributed by atoms with Gasteiger partial charge < -0.3 is 15.0 Å². The minimum Gasteiger partial charge on any atom is -0.490 e. The van der Waals surface area contributed by atoms with E-state index in [-0.39, 0.29) is 6.04 Å². The largest absolute Gasteiger partial charge is 0.490 e. The SMILES string of the molecule is c1cnc(N2CCNCC2COc2cccnc2)nc1. The van der Waals surface area contributed by atoms with E-state index >= 15 is 0 Å². The van der Waals surface area contributed by atoms with Gasteiger partial charge in [0.2, 0.25) is 5.95 Å². The molecule has 104 valence electrons. The zero-order valence-electron chi connectivity index (χ0n) is 11.1. The number of ether oxygens (including phenoxy) is 1. The molecule has 1 aliphatic heterocycles. The van der Waals surface area contributed by atoms with Gasteiger partial charge in [0.15, 0.2) is 0 Å². The van der Waals surface area contributed by atoms with E-state index < -0.39 is 0 Å². The van der Waals surface area contributed by atoms with Gasteiger partial charge in [0.05, 0.1) is 12.2 Å². The average Bonchev–Trinajstić information content (AvgIpc) is 2.55. The summed E-state index contributed by atoms with van der Waals surface area (Å²) in [5, 5.41) is 3.38. The molecule has 0 spiro atoms. The number of aromatic nitrogens is 3. The molecular weight excluding hydrogens is 254 g/mol. The summed E-state index contributed by atoms with van der Waals surface area (Å²) in [5.41, 5.74) is 0. The standard InChI is InChI=1S/C14H17N5O/c1-3-13(10-15-4-1)20-11-12-9-16-7-8-19(12)14-17-5-2-6-18-14/h1-6,10,12,16H,7-9,11H2. The van der Waals surface area contributed by atoms with Crippen LogP contribution in [0.5, 0.6) is 5.75 Å². The molecule has 1 N–H and O–H groups in total. The van der Waals surface area contributed by atoms with Crippen LogP contribution in [0.2, 0.25) is 0 Å². The molecular formula is C14H17N5O. The van der Waals surface area contributed by atoms with Crippen molar-refractivity contribution in [2.24, 2.45) is 0 Å². The van der Waals surface area contributed by atoms with Crippen molar-refractivity contribution in [1.82, 2.24) is 20.3 Å². The van der Waals surface area contributed by atoms with E-state index in [1.165, 1.54) is 0 Å². The van der Waals surface area contributed by atoms with Gasteiger partial charge in [0.1, 0.15) is 12.4 Å². The van der Waals surface area contributed by atoms with Crippen molar-refractivity contribution >= 4 is 5.95 Å². The van der Waals surface area contributed by atoms with Crippen LogP contribution >= 0.6 is 0 Å². The van der Waals surface area contributed by atoms with Crippen LogP contribution in [-0.4, -0.2) is 47.2 Å². The van der Waals surface area contributed by atoms with Crippen molar-refractivity contribution in [2.45, 2.75) is 6.04 Å². The molecule has 0 aliphatic carbocycles. The van der Waals surface area contributed by atoms with E-state index in [0.717, 1.165) is 31.3 Å². The maximum absolute atomic E-state index is 5.80. The molecule has 3 heterocycles. The maximum atomic E-state index is 5.80. The predicted octanol–water partition coefficient (Wildman–Crippen LogP) is 0.729. The van der Waals surface area contributed by atoms with Crippen LogP contribution in [0.1, 0.15) is 0 Å². The number of pyridine rings is 1. The maximum Gasteiger partial charge on any atom is 0.225 e. The van der Waals surface area contributed by atoms with Crippen molar-refractivity contribution in [3.63, 3.8) is 0 Å². The Kier molecular flexibility index (Phi) is 4.03. The molecule has 1 aliphatic rings. The normalized spacial score (nSPS) is 18.8. The van der Waals surface area contributed by atoms with Gasteiger partial charge in [-0.15, -0.1) is 0 Å². The van der Waals surface area contributed by atoms with Gasteiger partial charge in [-0.25, -0.2) is 9.97 Å². The van der Waals surface area contributed by atoms with Crippen LogP contribution in [0.15, 0.2) is 43.0 Å². The number of anilines is 1. The van der Waals surface area contributed by atoms with E-state index in [1.807, 2.05) is 18.2 Å². The molecule has 0 aromatic carbocycles. The lowest BCUT2D eigenvalue weighted by Crippen LogP contribution is -2.54. The fourth-order valence-electron chi connectivity index (χ4n) is 2.24. The fraction of sp³-hybridized carbons (Fsp3) is 0.357. The van der Waals surface area contributed by atoms with Crippen molar-refractivity contribution in [2.75, 3.05) is 31.1 Å². The monoisotopic (exact) mass is 271 g/mol. The predicted molar refractivity (Wildman–Crippen MR) is 75.8 cm³/mol. The lowest BCUT2D eigenvalue weighted by molar-refractivity contribution is 0.265. The molecule has 1 unspecified atom stereocenters. The van der Waals surface area contributed by atoms with Gasteiger partial charge in [0.25, 0.3) is 0 Å². The van der Waals surface area contributed by atoms with Crippen molar-refractivity contribution in [1.29, 1.82) is 0 Å². The molecule has 0 radical (unpaired) electrons. The van der Waals surface area contributed by atoms with E-state index in [1.54, 1.807) is 24.8 Å². The molecule has 3 rings (SSSR count). The first-order valence-corrected chi connectivity index (χ1v) is 6.71. The second-order valence-electron chi connectivity index (χ2n) is 4.60. The number of nitrogens with one attached hydrogen (secondary N) is 1. The molecule has 0 saturated carbocycles. The molecule has 1 atom stereocenters. The van der Waals surface area contributed by atoms with Gasteiger partial charge in [-0.1, -0.05) is 0 Å². The molecule has 1 fully saturated rings. The van der Waals surface area contributed by atoms with E-state index in [4.69, 9.17) is 4.74 Å². The number of rotatable bonds is 4. The van der Waals surface area contributed by atoms with Gasteiger partial charge in [-0.05, 0) is 18.2 Å². The zero-order chi connectivity index (χ0) is 13.6. The molecule has 1 saturated heterocycles. The molecule has 20 heavy (non-hydrogen) atoms. The first-order valence-electron chi connectivity index (χ1n) is 6.71. The van der Waals surface area contributed by atoms with Crippen LogP contribution < -0.4 is 15.0 Å². The first-order chi connectivity index (χ1) is 9.93. The summed E-state index contributed by atoms with van der Waals surface area (Å²) in [5.74, 6) is 1.54. The van der Waals surface area contributed by atoms with Crippen LogP contribution in [0.4, 0.5) is 5.95 Å². The van der Waals surface area contributed by atoms with Gasteiger partial charge in [-0.3, -0.25) is 4.98 Å². The summed E-state index contributed by atoms with van der Waals surface area (Å²) < 4.78 is 5.80. The summed E-state index contributed by atoms with van der Waals surface area (Å²) in [6.45, 7) is 3.25. The Hall–Kier alpha value is -2.21. The first kappa shape index (κ1) is 12.8. The minimum absolute atomic E-state index is 0.214. The highest BCUT2D eigenvalue weighted by molar-refractivity contribution is 5.32. The summed E-state index contributed by atoms with van der Waals surface area (Å²) in [6, 6.07) is 5.82. The second kappa shape index (κ2) is 6.29. The van der Waals surface area contributed by atoms with Crippen LogP contribution in [0.25, 0.3) is 0 Å². The van der Waals surface area contributed by atoms with Crippen molar-refractivity contribution in [3.05, 3.63) is 43.0 Å². The molecule has 0 amide bonds. The molecule has 2 aromatic rings. The Morgan fingerprint density at radius 3 is 2.95 bits per heavy atom. The highest BCUT2D eigenvalue weighted by atomic mass is 16.5. The summed E-state index contributed by atoms with van der Waals surface area (Å²) in [4.78, 5) is 14.9.